The number of carbonyl (C=O) groups is 2. The SMILES string of the molecule is CCC(=O)C(=O)C1=CCCCC1. The van der Waals surface area contributed by atoms with Crippen LogP contribution in [0.5, 0.6) is 0 Å². The van der Waals surface area contributed by atoms with Crippen LogP contribution in [-0.4, -0.2) is 11.6 Å². The van der Waals surface area contributed by atoms with E-state index in [1.165, 1.54) is 0 Å². The summed E-state index contributed by atoms with van der Waals surface area (Å²) < 4.78 is 0. The van der Waals surface area contributed by atoms with E-state index in [9.17, 15) is 9.59 Å². The summed E-state index contributed by atoms with van der Waals surface area (Å²) in [6.07, 6.45) is 6.20. The lowest BCUT2D eigenvalue weighted by Gasteiger charge is -2.09. The van der Waals surface area contributed by atoms with E-state index in [0.29, 0.717) is 6.42 Å². The summed E-state index contributed by atoms with van der Waals surface area (Å²) in [5, 5.41) is 0. The van der Waals surface area contributed by atoms with Crippen molar-refractivity contribution in [2.75, 3.05) is 0 Å². The molecule has 2 nitrogen and oxygen atoms in total. The molecule has 0 aromatic rings. The third-order valence-corrected chi connectivity index (χ3v) is 2.16. The van der Waals surface area contributed by atoms with Gasteiger partial charge in [0.2, 0.25) is 11.6 Å². The van der Waals surface area contributed by atoms with E-state index in [-0.39, 0.29) is 11.6 Å². The maximum atomic E-state index is 11.3. The second-order valence-electron chi connectivity index (χ2n) is 3.08. The largest absolute Gasteiger partial charge is 0.291 e. The van der Waals surface area contributed by atoms with Gasteiger partial charge in [0, 0.05) is 6.42 Å². The lowest BCUT2D eigenvalue weighted by atomic mass is 9.94. The first-order valence-corrected chi connectivity index (χ1v) is 4.52. The highest BCUT2D eigenvalue weighted by Gasteiger charge is 2.17. The van der Waals surface area contributed by atoms with Crippen molar-refractivity contribution in [1.82, 2.24) is 0 Å². The van der Waals surface area contributed by atoms with Gasteiger partial charge in [0.05, 0.1) is 0 Å². The molecule has 0 spiro atoms. The summed E-state index contributed by atoms with van der Waals surface area (Å²) in [6, 6.07) is 0. The van der Waals surface area contributed by atoms with Crippen molar-refractivity contribution in [3.63, 3.8) is 0 Å². The molecule has 66 valence electrons. The molecule has 0 saturated carbocycles. The van der Waals surface area contributed by atoms with Gasteiger partial charge < -0.3 is 0 Å². The van der Waals surface area contributed by atoms with Crippen molar-refractivity contribution in [2.24, 2.45) is 0 Å². The van der Waals surface area contributed by atoms with Crippen LogP contribution in [0.25, 0.3) is 0 Å². The van der Waals surface area contributed by atoms with Gasteiger partial charge in [-0.15, -0.1) is 0 Å². The second kappa shape index (κ2) is 4.19. The fourth-order valence-corrected chi connectivity index (χ4v) is 1.38. The number of hydrogen-bond donors (Lipinski definition) is 0. The highest BCUT2D eigenvalue weighted by atomic mass is 16.2. The Morgan fingerprint density at radius 1 is 1.42 bits per heavy atom. The minimum Gasteiger partial charge on any atom is -0.291 e. The zero-order chi connectivity index (χ0) is 8.97. The smallest absolute Gasteiger partial charge is 0.224 e. The third kappa shape index (κ3) is 2.03. The third-order valence-electron chi connectivity index (χ3n) is 2.16. The van der Waals surface area contributed by atoms with E-state index < -0.39 is 0 Å². The molecule has 0 fully saturated rings. The van der Waals surface area contributed by atoms with Gasteiger partial charge in [0.1, 0.15) is 0 Å². The maximum absolute atomic E-state index is 11.3. The van der Waals surface area contributed by atoms with Gasteiger partial charge in [-0.25, -0.2) is 0 Å². The molecule has 0 aromatic carbocycles. The fourth-order valence-electron chi connectivity index (χ4n) is 1.38. The van der Waals surface area contributed by atoms with Crippen LogP contribution in [0, 0.1) is 0 Å². The minimum atomic E-state index is -0.253. The number of carbonyl (C=O) groups excluding carboxylic acids is 2. The van der Waals surface area contributed by atoms with Crippen LogP contribution >= 0.6 is 0 Å². The van der Waals surface area contributed by atoms with E-state index in [0.717, 1.165) is 31.3 Å². The van der Waals surface area contributed by atoms with Crippen LogP contribution in [0.1, 0.15) is 39.0 Å². The summed E-state index contributed by atoms with van der Waals surface area (Å²) in [7, 11) is 0. The van der Waals surface area contributed by atoms with Gasteiger partial charge in [-0.05, 0) is 31.3 Å². The highest BCUT2D eigenvalue weighted by molar-refractivity contribution is 6.43. The maximum Gasteiger partial charge on any atom is 0.224 e. The van der Waals surface area contributed by atoms with Gasteiger partial charge >= 0.3 is 0 Å². The van der Waals surface area contributed by atoms with Crippen molar-refractivity contribution in [1.29, 1.82) is 0 Å². The van der Waals surface area contributed by atoms with Crippen molar-refractivity contribution in [2.45, 2.75) is 39.0 Å². The molecule has 0 N–H and O–H groups in total. The molecule has 0 radical (unpaired) electrons. The van der Waals surface area contributed by atoms with E-state index in [4.69, 9.17) is 0 Å². The second-order valence-corrected chi connectivity index (χ2v) is 3.08. The summed E-state index contributed by atoms with van der Waals surface area (Å²) in [5.74, 6) is -0.500. The van der Waals surface area contributed by atoms with Crippen LogP contribution in [0.4, 0.5) is 0 Å². The van der Waals surface area contributed by atoms with Crippen molar-refractivity contribution < 1.29 is 9.59 Å². The van der Waals surface area contributed by atoms with Crippen LogP contribution in [0.3, 0.4) is 0 Å². The van der Waals surface area contributed by atoms with Gasteiger partial charge in [-0.1, -0.05) is 13.0 Å². The van der Waals surface area contributed by atoms with Crippen molar-refractivity contribution in [3.8, 4) is 0 Å². The van der Waals surface area contributed by atoms with Crippen LogP contribution < -0.4 is 0 Å². The highest BCUT2D eigenvalue weighted by Crippen LogP contribution is 2.18. The Morgan fingerprint density at radius 3 is 2.67 bits per heavy atom. The Labute approximate surface area is 72.7 Å². The first-order valence-electron chi connectivity index (χ1n) is 4.52. The Morgan fingerprint density at radius 2 is 2.17 bits per heavy atom. The van der Waals surface area contributed by atoms with E-state index in [2.05, 4.69) is 0 Å². The monoisotopic (exact) mass is 166 g/mol. The van der Waals surface area contributed by atoms with Gasteiger partial charge in [0.25, 0.3) is 0 Å². The molecule has 1 aliphatic carbocycles. The average Bonchev–Trinajstić information content (AvgIpc) is 2.17. The number of Topliss-reactive ketones (excluding diaryl/α,β-unsaturated/α-hetero) is 2. The van der Waals surface area contributed by atoms with E-state index in [1.54, 1.807) is 6.92 Å². The molecule has 2 heteroatoms. The zero-order valence-electron chi connectivity index (χ0n) is 7.43. The lowest BCUT2D eigenvalue weighted by Crippen LogP contribution is -2.16. The number of hydrogen-bond acceptors (Lipinski definition) is 2. The zero-order valence-corrected chi connectivity index (χ0v) is 7.43. The molecule has 12 heavy (non-hydrogen) atoms. The van der Waals surface area contributed by atoms with Gasteiger partial charge in [-0.3, -0.25) is 9.59 Å². The van der Waals surface area contributed by atoms with Crippen molar-refractivity contribution >= 4 is 11.6 Å². The molecular weight excluding hydrogens is 152 g/mol. The molecule has 0 aromatic heterocycles. The molecule has 0 amide bonds. The summed E-state index contributed by atoms with van der Waals surface area (Å²) in [4.78, 5) is 22.3. The Hall–Kier alpha value is -0.920. The molecule has 1 rings (SSSR count). The van der Waals surface area contributed by atoms with Crippen LogP contribution in [0.15, 0.2) is 11.6 Å². The summed E-state index contributed by atoms with van der Waals surface area (Å²) in [5.41, 5.74) is 0.744. The lowest BCUT2D eigenvalue weighted by molar-refractivity contribution is -0.134. The van der Waals surface area contributed by atoms with Gasteiger partial charge in [-0.2, -0.15) is 0 Å². The standard InChI is InChI=1S/C10H14O2/c1-2-9(11)10(12)8-6-4-3-5-7-8/h6H,2-5,7H2,1H3. The minimum absolute atomic E-state index is 0.247. The summed E-state index contributed by atoms with van der Waals surface area (Å²) in [6.45, 7) is 1.73. The van der Waals surface area contributed by atoms with E-state index >= 15 is 0 Å². The molecule has 0 bridgehead atoms. The van der Waals surface area contributed by atoms with Gasteiger partial charge in [0.15, 0.2) is 0 Å². The number of ketones is 2. The van der Waals surface area contributed by atoms with E-state index in [1.807, 2.05) is 6.08 Å². The summed E-state index contributed by atoms with van der Waals surface area (Å²) >= 11 is 0. The van der Waals surface area contributed by atoms with Crippen molar-refractivity contribution in [3.05, 3.63) is 11.6 Å². The Bertz CT molecular complexity index is 226. The molecule has 1 aliphatic rings. The predicted molar refractivity (Wildman–Crippen MR) is 46.9 cm³/mol. The predicted octanol–water partition coefficient (Wildman–Crippen LogP) is 2.04. The Balaban J connectivity index is 2.62. The first-order chi connectivity index (χ1) is 5.75. The molecule has 0 aliphatic heterocycles. The molecule has 0 saturated heterocycles. The molecular formula is C10H14O2. The number of allylic oxidation sites excluding steroid dienone is 2. The van der Waals surface area contributed by atoms with Crippen LogP contribution in [0.2, 0.25) is 0 Å². The normalized spacial score (nSPS) is 16.9. The fraction of sp³-hybridized carbons (Fsp3) is 0.600. The topological polar surface area (TPSA) is 34.1 Å². The quantitative estimate of drug-likeness (QED) is 0.601. The molecule has 0 unspecified atom stereocenters. The molecule has 0 heterocycles. The Kier molecular flexibility index (Phi) is 3.20. The average molecular weight is 166 g/mol. The first kappa shape index (κ1) is 9.17. The molecule has 0 atom stereocenters. The number of rotatable bonds is 3. The van der Waals surface area contributed by atoms with Crippen LogP contribution in [-0.2, 0) is 9.59 Å².